The first-order valence-corrected chi connectivity index (χ1v) is 9.62. The Balaban J connectivity index is 1.68. The van der Waals surface area contributed by atoms with Crippen LogP contribution in [0.2, 0.25) is 10.0 Å². The average Bonchev–Trinajstić information content (AvgIpc) is 3.21. The lowest BCUT2D eigenvalue weighted by Gasteiger charge is -1.99. The van der Waals surface area contributed by atoms with E-state index in [1.165, 1.54) is 18.4 Å². The number of esters is 2. The summed E-state index contributed by atoms with van der Waals surface area (Å²) in [5.41, 5.74) is 1.25. The number of hydrogen-bond donors (Lipinski definition) is 0. The topological polar surface area (TPSA) is 65.0 Å². The number of fused-ring (bicyclic) bond motifs is 1. The summed E-state index contributed by atoms with van der Waals surface area (Å²) in [6.45, 7) is 0. The molecule has 0 aliphatic carbocycles. The van der Waals surface area contributed by atoms with Gasteiger partial charge >= 0.3 is 11.9 Å². The van der Waals surface area contributed by atoms with Crippen LogP contribution in [0.1, 0.15) is 20.8 Å². The van der Waals surface area contributed by atoms with E-state index >= 15 is 0 Å². The van der Waals surface area contributed by atoms with Crippen molar-refractivity contribution in [2.45, 2.75) is 0 Å². The van der Waals surface area contributed by atoms with Gasteiger partial charge < -0.3 is 9.47 Å². The Bertz CT molecular complexity index is 1180. The quantitative estimate of drug-likeness (QED) is 0.414. The van der Waals surface area contributed by atoms with Crippen LogP contribution >= 0.6 is 34.5 Å². The van der Waals surface area contributed by atoms with Crippen LogP contribution in [0.5, 0.6) is 0 Å². The van der Waals surface area contributed by atoms with Crippen molar-refractivity contribution in [1.82, 2.24) is 0 Å². The lowest BCUT2D eigenvalue weighted by Crippen LogP contribution is -2.04. The van der Waals surface area contributed by atoms with E-state index in [0.29, 0.717) is 26.0 Å². The smallest absolute Gasteiger partial charge is 0.363 e. The molecule has 5 nitrogen and oxygen atoms in total. The van der Waals surface area contributed by atoms with Crippen LogP contribution in [0.15, 0.2) is 53.2 Å². The second-order valence-electron chi connectivity index (χ2n) is 5.84. The Kier molecular flexibility index (Phi) is 4.93. The first-order chi connectivity index (χ1) is 13.5. The molecule has 140 valence electrons. The third kappa shape index (κ3) is 3.42. The van der Waals surface area contributed by atoms with Crippen LogP contribution in [-0.2, 0) is 14.3 Å². The number of rotatable bonds is 3. The third-order valence-electron chi connectivity index (χ3n) is 4.04. The number of thiophene rings is 1. The van der Waals surface area contributed by atoms with Crippen molar-refractivity contribution in [3.63, 3.8) is 0 Å². The summed E-state index contributed by atoms with van der Waals surface area (Å²) >= 11 is 13.8. The van der Waals surface area contributed by atoms with E-state index in [1.807, 2.05) is 6.07 Å². The standard InChI is InChI=1S/C20H11Cl2NO4S/c1-26-19(24)11-4-2-10(3-5-11)8-14-20(25)27-18(23-14)17-16(22)13-7-6-12(21)9-15(13)28-17/h2-9H,1H3/b14-8-. The molecule has 0 bridgehead atoms. The molecule has 0 fully saturated rings. The fourth-order valence-corrected chi connectivity index (χ4v) is 4.39. The van der Waals surface area contributed by atoms with E-state index in [2.05, 4.69) is 9.73 Å². The molecule has 2 heterocycles. The molecule has 3 aromatic rings. The number of aliphatic imine (C=N–C) groups is 1. The van der Waals surface area contributed by atoms with Gasteiger partial charge in [-0.2, -0.15) is 0 Å². The van der Waals surface area contributed by atoms with Gasteiger partial charge in [-0.05, 0) is 35.9 Å². The first kappa shape index (κ1) is 18.7. The van der Waals surface area contributed by atoms with Crippen LogP contribution in [-0.4, -0.2) is 24.9 Å². The highest BCUT2D eigenvalue weighted by atomic mass is 35.5. The van der Waals surface area contributed by atoms with Gasteiger partial charge in [0.25, 0.3) is 0 Å². The minimum absolute atomic E-state index is 0.146. The number of benzene rings is 2. The lowest BCUT2D eigenvalue weighted by molar-refractivity contribution is -0.129. The number of cyclic esters (lactones) is 1. The molecule has 4 rings (SSSR count). The third-order valence-corrected chi connectivity index (χ3v) is 5.92. The van der Waals surface area contributed by atoms with Crippen LogP contribution in [0.25, 0.3) is 16.2 Å². The van der Waals surface area contributed by atoms with Crippen molar-refractivity contribution in [2.75, 3.05) is 7.11 Å². The Morgan fingerprint density at radius 1 is 1.18 bits per heavy atom. The highest BCUT2D eigenvalue weighted by Crippen LogP contribution is 2.38. The van der Waals surface area contributed by atoms with Crippen LogP contribution in [0.4, 0.5) is 0 Å². The Morgan fingerprint density at radius 3 is 2.64 bits per heavy atom. The van der Waals surface area contributed by atoms with Gasteiger partial charge in [0.15, 0.2) is 5.70 Å². The van der Waals surface area contributed by atoms with Crippen LogP contribution in [0.3, 0.4) is 0 Å². The summed E-state index contributed by atoms with van der Waals surface area (Å²) in [4.78, 5) is 28.6. The summed E-state index contributed by atoms with van der Waals surface area (Å²) < 4.78 is 10.9. The average molecular weight is 432 g/mol. The molecule has 0 saturated heterocycles. The minimum atomic E-state index is -0.571. The second-order valence-corrected chi connectivity index (χ2v) is 7.70. The van der Waals surface area contributed by atoms with Gasteiger partial charge in [-0.1, -0.05) is 41.4 Å². The fourth-order valence-electron chi connectivity index (χ4n) is 2.67. The van der Waals surface area contributed by atoms with Gasteiger partial charge in [0.05, 0.1) is 17.7 Å². The summed E-state index contributed by atoms with van der Waals surface area (Å²) in [6, 6.07) is 12.0. The Hall–Kier alpha value is -2.67. The monoisotopic (exact) mass is 431 g/mol. The molecule has 1 aliphatic heterocycles. The molecule has 2 aromatic carbocycles. The second kappa shape index (κ2) is 7.39. The van der Waals surface area contributed by atoms with E-state index < -0.39 is 11.9 Å². The zero-order valence-corrected chi connectivity index (χ0v) is 16.7. The molecule has 0 atom stereocenters. The number of hydrogen-bond acceptors (Lipinski definition) is 6. The fraction of sp³-hybridized carbons (Fsp3) is 0.0500. The van der Waals surface area contributed by atoms with E-state index in [0.717, 1.165) is 10.1 Å². The predicted molar refractivity (Wildman–Crippen MR) is 110 cm³/mol. The Labute approximate surface area is 173 Å². The summed E-state index contributed by atoms with van der Waals surface area (Å²) in [5.74, 6) is -0.845. The summed E-state index contributed by atoms with van der Waals surface area (Å²) in [7, 11) is 1.32. The first-order valence-electron chi connectivity index (χ1n) is 8.05. The van der Waals surface area contributed by atoms with Crippen molar-refractivity contribution in [3.05, 3.63) is 74.2 Å². The summed E-state index contributed by atoms with van der Waals surface area (Å²) in [6.07, 6.45) is 1.58. The van der Waals surface area contributed by atoms with Crippen molar-refractivity contribution in [1.29, 1.82) is 0 Å². The zero-order chi connectivity index (χ0) is 19.8. The van der Waals surface area contributed by atoms with Crippen molar-refractivity contribution >= 4 is 68.5 Å². The molecule has 0 amide bonds. The minimum Gasteiger partial charge on any atom is -0.465 e. The highest BCUT2D eigenvalue weighted by Gasteiger charge is 2.28. The number of carbonyl (C=O) groups excluding carboxylic acids is 2. The van der Waals surface area contributed by atoms with Gasteiger partial charge in [0.2, 0.25) is 5.90 Å². The molecular weight excluding hydrogens is 421 g/mol. The number of ether oxygens (including phenoxy) is 2. The molecule has 0 unspecified atom stereocenters. The van der Waals surface area contributed by atoms with Crippen molar-refractivity contribution in [2.24, 2.45) is 4.99 Å². The molecule has 8 heteroatoms. The summed E-state index contributed by atoms with van der Waals surface area (Å²) in [5, 5.41) is 1.88. The number of carbonyl (C=O) groups is 2. The van der Waals surface area contributed by atoms with E-state index in [4.69, 9.17) is 27.9 Å². The van der Waals surface area contributed by atoms with Gasteiger partial charge in [-0.15, -0.1) is 11.3 Å². The molecule has 0 saturated carbocycles. The zero-order valence-electron chi connectivity index (χ0n) is 14.4. The maximum absolute atomic E-state index is 12.2. The number of nitrogens with zero attached hydrogens (tertiary/aromatic N) is 1. The molecule has 0 N–H and O–H groups in total. The van der Waals surface area contributed by atoms with Crippen LogP contribution < -0.4 is 0 Å². The highest BCUT2D eigenvalue weighted by molar-refractivity contribution is 7.21. The van der Waals surface area contributed by atoms with E-state index in [9.17, 15) is 9.59 Å². The Morgan fingerprint density at radius 2 is 1.93 bits per heavy atom. The molecule has 0 spiro atoms. The largest absolute Gasteiger partial charge is 0.465 e. The van der Waals surface area contributed by atoms with Crippen molar-refractivity contribution < 1.29 is 19.1 Å². The molecule has 1 aliphatic rings. The van der Waals surface area contributed by atoms with Crippen LogP contribution in [0, 0.1) is 0 Å². The lowest BCUT2D eigenvalue weighted by atomic mass is 10.1. The van der Waals surface area contributed by atoms with Gasteiger partial charge in [0, 0.05) is 15.1 Å². The maximum atomic E-state index is 12.2. The van der Waals surface area contributed by atoms with E-state index in [-0.39, 0.29) is 11.6 Å². The molecule has 0 radical (unpaired) electrons. The van der Waals surface area contributed by atoms with E-state index in [1.54, 1.807) is 42.5 Å². The maximum Gasteiger partial charge on any atom is 0.363 e. The molecular formula is C20H11Cl2NO4S. The number of halogens is 2. The molecule has 1 aromatic heterocycles. The van der Waals surface area contributed by atoms with Gasteiger partial charge in [0.1, 0.15) is 4.88 Å². The van der Waals surface area contributed by atoms with Gasteiger partial charge in [-0.3, -0.25) is 0 Å². The SMILES string of the molecule is COC(=O)c1ccc(/C=C2\N=C(c3sc4cc(Cl)ccc4c3Cl)OC2=O)cc1. The molecule has 28 heavy (non-hydrogen) atoms. The van der Waals surface area contributed by atoms with Gasteiger partial charge in [-0.25, -0.2) is 14.6 Å². The normalized spacial score (nSPS) is 15.0. The number of methoxy groups -OCH3 is 1. The van der Waals surface area contributed by atoms with Crippen molar-refractivity contribution in [3.8, 4) is 0 Å². The predicted octanol–water partition coefficient (Wildman–Crippen LogP) is 5.34.